The van der Waals surface area contributed by atoms with Crippen molar-refractivity contribution in [1.29, 1.82) is 5.26 Å². The quantitative estimate of drug-likeness (QED) is 0.174. The van der Waals surface area contributed by atoms with E-state index in [9.17, 15) is 24.8 Å². The fourth-order valence-corrected chi connectivity index (χ4v) is 3.52. The molecule has 0 bridgehead atoms. The monoisotopic (exact) mass is 462 g/mol. The van der Waals surface area contributed by atoms with Gasteiger partial charge in [0.25, 0.3) is 5.91 Å². The van der Waals surface area contributed by atoms with Crippen LogP contribution in [0.5, 0.6) is 5.75 Å². The first-order chi connectivity index (χ1) is 17.0. The van der Waals surface area contributed by atoms with Crippen LogP contribution in [0, 0.1) is 11.3 Å². The molecule has 0 aliphatic rings. The van der Waals surface area contributed by atoms with Crippen LogP contribution in [-0.4, -0.2) is 23.0 Å². The summed E-state index contributed by atoms with van der Waals surface area (Å²) in [5.74, 6) is -2.43. The highest BCUT2D eigenvalue weighted by Crippen LogP contribution is 2.25. The van der Waals surface area contributed by atoms with Gasteiger partial charge in [0.05, 0.1) is 16.8 Å². The van der Waals surface area contributed by atoms with Gasteiger partial charge in [-0.25, -0.2) is 9.59 Å². The Labute approximate surface area is 200 Å². The number of nitrogens with one attached hydrogen (secondary N) is 1. The minimum Gasteiger partial charge on any atom is -0.478 e. The lowest BCUT2D eigenvalue weighted by molar-refractivity contribution is -0.112. The van der Waals surface area contributed by atoms with Gasteiger partial charge in [0.1, 0.15) is 17.4 Å². The molecule has 7 nitrogen and oxygen atoms in total. The molecule has 4 aromatic rings. The highest BCUT2D eigenvalue weighted by molar-refractivity contribution is 6.12. The standard InChI is InChI=1S/C28H18N2O5/c29-17-20(26(31)30-24-14-5-4-12-23(24)27(32)33)16-19-9-2-6-15-25(19)35-28(34)22-13-7-10-18-8-1-3-11-21(18)22/h1-16H,(H,30,31)(H,32,33)/b20-16+. The summed E-state index contributed by atoms with van der Waals surface area (Å²) in [6.45, 7) is 0. The van der Waals surface area contributed by atoms with E-state index in [2.05, 4.69) is 5.32 Å². The number of hydrogen-bond donors (Lipinski definition) is 2. The molecule has 4 aromatic carbocycles. The van der Waals surface area contributed by atoms with Gasteiger partial charge in [0, 0.05) is 5.56 Å². The van der Waals surface area contributed by atoms with Gasteiger partial charge < -0.3 is 15.2 Å². The number of carbonyl (C=O) groups is 3. The number of ether oxygens (including phenoxy) is 1. The van der Waals surface area contributed by atoms with Gasteiger partial charge in [-0.1, -0.05) is 66.7 Å². The maximum absolute atomic E-state index is 13.0. The lowest BCUT2D eigenvalue weighted by Gasteiger charge is -2.10. The maximum Gasteiger partial charge on any atom is 0.344 e. The van der Waals surface area contributed by atoms with Crippen molar-refractivity contribution in [3.8, 4) is 11.8 Å². The molecule has 0 spiro atoms. The molecule has 170 valence electrons. The van der Waals surface area contributed by atoms with Gasteiger partial charge in [-0.3, -0.25) is 4.79 Å². The Morgan fingerprint density at radius 2 is 1.49 bits per heavy atom. The van der Waals surface area contributed by atoms with E-state index >= 15 is 0 Å². The third kappa shape index (κ3) is 5.07. The number of esters is 1. The van der Waals surface area contributed by atoms with Crippen LogP contribution in [0.1, 0.15) is 26.3 Å². The molecule has 4 rings (SSSR count). The van der Waals surface area contributed by atoms with Gasteiger partial charge in [0.15, 0.2) is 0 Å². The fourth-order valence-electron chi connectivity index (χ4n) is 3.52. The summed E-state index contributed by atoms with van der Waals surface area (Å²) in [6, 6.07) is 26.9. The number of amides is 1. The number of anilines is 1. The smallest absolute Gasteiger partial charge is 0.344 e. The number of rotatable bonds is 6. The number of para-hydroxylation sites is 2. The second-order valence-electron chi connectivity index (χ2n) is 7.43. The summed E-state index contributed by atoms with van der Waals surface area (Å²) < 4.78 is 5.63. The van der Waals surface area contributed by atoms with Gasteiger partial charge in [0.2, 0.25) is 0 Å². The number of nitriles is 1. The lowest BCUT2D eigenvalue weighted by atomic mass is 10.0. The van der Waals surface area contributed by atoms with Crippen LogP contribution in [0.15, 0.2) is 96.6 Å². The topological polar surface area (TPSA) is 116 Å². The zero-order chi connectivity index (χ0) is 24.8. The zero-order valence-electron chi connectivity index (χ0n) is 18.3. The van der Waals surface area contributed by atoms with E-state index in [1.807, 2.05) is 36.4 Å². The third-order valence-electron chi connectivity index (χ3n) is 5.20. The van der Waals surface area contributed by atoms with Crippen molar-refractivity contribution >= 4 is 40.4 Å². The molecule has 2 N–H and O–H groups in total. The van der Waals surface area contributed by atoms with Crippen molar-refractivity contribution in [2.24, 2.45) is 0 Å². The minimum absolute atomic E-state index is 0.0572. The molecule has 0 unspecified atom stereocenters. The van der Waals surface area contributed by atoms with E-state index in [0.29, 0.717) is 11.1 Å². The van der Waals surface area contributed by atoms with Gasteiger partial charge >= 0.3 is 11.9 Å². The van der Waals surface area contributed by atoms with E-state index in [1.165, 1.54) is 24.3 Å². The molecule has 1 amide bonds. The molecule has 35 heavy (non-hydrogen) atoms. The zero-order valence-corrected chi connectivity index (χ0v) is 18.3. The molecule has 7 heteroatoms. The average molecular weight is 462 g/mol. The molecule has 0 aliphatic heterocycles. The largest absolute Gasteiger partial charge is 0.478 e. The van der Waals surface area contributed by atoms with E-state index in [4.69, 9.17) is 4.74 Å². The van der Waals surface area contributed by atoms with Crippen LogP contribution in [0.25, 0.3) is 16.8 Å². The van der Waals surface area contributed by atoms with Crippen molar-refractivity contribution in [3.63, 3.8) is 0 Å². The average Bonchev–Trinajstić information content (AvgIpc) is 2.87. The van der Waals surface area contributed by atoms with Crippen molar-refractivity contribution in [1.82, 2.24) is 0 Å². The summed E-state index contributed by atoms with van der Waals surface area (Å²) in [4.78, 5) is 37.1. The summed E-state index contributed by atoms with van der Waals surface area (Å²) in [5.41, 5.74) is 0.368. The molecule has 0 heterocycles. The number of carbonyl (C=O) groups excluding carboxylic acids is 2. The number of fused-ring (bicyclic) bond motifs is 1. The number of carboxylic acids is 1. The second-order valence-corrected chi connectivity index (χ2v) is 7.43. The maximum atomic E-state index is 13.0. The predicted octanol–water partition coefficient (Wildman–Crippen LogP) is 5.30. The summed E-state index contributed by atoms with van der Waals surface area (Å²) >= 11 is 0. The Balaban J connectivity index is 1.62. The second kappa shape index (κ2) is 10.1. The molecular weight excluding hydrogens is 444 g/mol. The molecule has 0 aliphatic carbocycles. The van der Waals surface area contributed by atoms with Crippen molar-refractivity contribution < 1.29 is 24.2 Å². The van der Waals surface area contributed by atoms with Crippen LogP contribution in [0.3, 0.4) is 0 Å². The molecule has 0 saturated heterocycles. The first kappa shape index (κ1) is 23.0. The van der Waals surface area contributed by atoms with Crippen LogP contribution in [0.4, 0.5) is 5.69 Å². The summed E-state index contributed by atoms with van der Waals surface area (Å²) in [6.07, 6.45) is 1.28. The molecule has 0 atom stereocenters. The van der Waals surface area contributed by atoms with Gasteiger partial charge in [-0.2, -0.15) is 5.26 Å². The number of hydrogen-bond acceptors (Lipinski definition) is 5. The van der Waals surface area contributed by atoms with Crippen LogP contribution < -0.4 is 10.1 Å². The molecule has 0 fully saturated rings. The molecule has 0 radical (unpaired) electrons. The van der Waals surface area contributed by atoms with Crippen molar-refractivity contribution in [2.45, 2.75) is 0 Å². The first-order valence-electron chi connectivity index (χ1n) is 10.5. The number of nitrogens with zero attached hydrogens (tertiary/aromatic N) is 1. The Morgan fingerprint density at radius 1 is 0.829 bits per heavy atom. The number of aromatic carboxylic acids is 1. The van der Waals surface area contributed by atoms with E-state index in [0.717, 1.165) is 10.8 Å². The van der Waals surface area contributed by atoms with Crippen molar-refractivity contribution in [2.75, 3.05) is 5.32 Å². The normalized spacial score (nSPS) is 10.9. The van der Waals surface area contributed by atoms with Crippen LogP contribution in [-0.2, 0) is 4.79 Å². The Bertz CT molecular complexity index is 1530. The minimum atomic E-state index is -1.21. The van der Waals surface area contributed by atoms with Crippen molar-refractivity contribution in [3.05, 3.63) is 113 Å². The first-order valence-corrected chi connectivity index (χ1v) is 10.5. The summed E-state index contributed by atoms with van der Waals surface area (Å²) in [5, 5.41) is 23.0. The Hall–Kier alpha value is -5.22. The predicted molar refractivity (Wildman–Crippen MR) is 131 cm³/mol. The van der Waals surface area contributed by atoms with E-state index < -0.39 is 17.8 Å². The summed E-state index contributed by atoms with van der Waals surface area (Å²) in [7, 11) is 0. The SMILES string of the molecule is N#C/C(=C\c1ccccc1OC(=O)c1cccc2ccccc12)C(=O)Nc1ccccc1C(=O)O. The fraction of sp³-hybridized carbons (Fsp3) is 0. The third-order valence-corrected chi connectivity index (χ3v) is 5.20. The van der Waals surface area contributed by atoms with E-state index in [-0.39, 0.29) is 22.6 Å². The highest BCUT2D eigenvalue weighted by atomic mass is 16.5. The Kier molecular flexibility index (Phi) is 6.66. The number of benzene rings is 4. The molecule has 0 aromatic heterocycles. The molecular formula is C28H18N2O5. The Morgan fingerprint density at radius 3 is 2.29 bits per heavy atom. The lowest BCUT2D eigenvalue weighted by Crippen LogP contribution is -2.16. The van der Waals surface area contributed by atoms with E-state index in [1.54, 1.807) is 42.5 Å². The number of carboxylic acid groups (broad SMARTS) is 1. The molecule has 0 saturated carbocycles. The van der Waals surface area contributed by atoms with Crippen LogP contribution >= 0.6 is 0 Å². The van der Waals surface area contributed by atoms with Gasteiger partial charge in [-0.05, 0) is 41.1 Å². The van der Waals surface area contributed by atoms with Gasteiger partial charge in [-0.15, -0.1) is 0 Å². The van der Waals surface area contributed by atoms with Crippen LogP contribution in [0.2, 0.25) is 0 Å². The highest BCUT2D eigenvalue weighted by Gasteiger charge is 2.17.